The van der Waals surface area contributed by atoms with Gasteiger partial charge in [-0.05, 0) is 221 Å². The number of hydrogen-bond donors (Lipinski definition) is 0. The molecule has 14 aromatic rings. The first-order chi connectivity index (χ1) is 48.0. The van der Waals surface area contributed by atoms with Crippen LogP contribution >= 0.6 is 11.6 Å². The van der Waals surface area contributed by atoms with Crippen LogP contribution in [0.4, 0.5) is 68.2 Å². The first-order valence-electron chi connectivity index (χ1n) is 33.4. The summed E-state index contributed by atoms with van der Waals surface area (Å²) in [4.78, 5) is 9.09. The van der Waals surface area contributed by atoms with Crippen molar-refractivity contribution in [1.29, 1.82) is 0 Å². The van der Waals surface area contributed by atoms with E-state index in [4.69, 9.17) is 21.1 Å². The maximum Gasteiger partial charge on any atom is 0.148 e. The quantitative estimate of drug-likeness (QED) is 0.0958. The van der Waals surface area contributed by atoms with Crippen LogP contribution in [0.15, 0.2) is 352 Å². The van der Waals surface area contributed by atoms with Gasteiger partial charge in [-0.3, -0.25) is 0 Å². The van der Waals surface area contributed by atoms with E-state index >= 15 is 0 Å². The van der Waals surface area contributed by atoms with Gasteiger partial charge in [0, 0.05) is 73.3 Å². The molecule has 0 radical (unpaired) electrons. The number of ether oxygens (including phenoxy) is 2. The molecule has 2 aliphatic carbocycles. The summed E-state index contributed by atoms with van der Waals surface area (Å²) in [5.41, 5.74) is 23.7. The average Bonchev–Trinajstić information content (AvgIpc) is 1.56. The molecule has 0 aromatic heterocycles. The Labute approximate surface area is 580 Å². The third-order valence-electron chi connectivity index (χ3n) is 19.0. The van der Waals surface area contributed by atoms with E-state index < -0.39 is 0 Å². The number of halogens is 1. The maximum absolute atomic E-state index is 7.17. The molecule has 2 aliphatic rings. The van der Waals surface area contributed by atoms with Crippen molar-refractivity contribution in [2.75, 3.05) is 19.6 Å². The number of para-hydroxylation sites is 8. The van der Waals surface area contributed by atoms with Crippen LogP contribution in [-0.4, -0.2) is 0 Å². The Balaban J connectivity index is 0.000000160. The zero-order valence-electron chi connectivity index (χ0n) is 55.5. The minimum absolute atomic E-state index is 0.167. The van der Waals surface area contributed by atoms with Crippen molar-refractivity contribution in [3.8, 4) is 45.3 Å². The third-order valence-corrected chi connectivity index (χ3v) is 19.4. The summed E-state index contributed by atoms with van der Waals surface area (Å²) in [6.45, 7) is 11.4. The predicted octanol–water partition coefficient (Wildman–Crippen LogP) is 26.4. The van der Waals surface area contributed by atoms with Crippen LogP contribution in [0, 0.1) is 6.92 Å². The molecule has 0 atom stereocenters. The first-order valence-corrected chi connectivity index (χ1v) is 33.8. The second kappa shape index (κ2) is 26.8. The fourth-order valence-corrected chi connectivity index (χ4v) is 14.4. The fraction of sp³-hybridized carbons (Fsp3) is 0.0769. The van der Waals surface area contributed by atoms with Crippen LogP contribution in [0.2, 0.25) is 5.02 Å². The molecule has 0 unspecified atom stereocenters. The minimum Gasteiger partial charge on any atom is -0.457 e. The molecule has 0 heterocycles. The Morgan fingerprint density at radius 3 is 0.888 bits per heavy atom. The molecule has 0 aliphatic heterocycles. The van der Waals surface area contributed by atoms with Crippen molar-refractivity contribution >= 4 is 79.8 Å². The second-order valence-electron chi connectivity index (χ2n) is 25.8. The zero-order chi connectivity index (χ0) is 66.7. The smallest absolute Gasteiger partial charge is 0.148 e. The number of benzene rings is 14. The van der Waals surface area contributed by atoms with Gasteiger partial charge in [-0.15, -0.1) is 0 Å². The first kappa shape index (κ1) is 62.3. The summed E-state index contributed by atoms with van der Waals surface area (Å²) in [6.07, 6.45) is 0. The molecular weight excluding hydrogens is 1220 g/mol. The molecule has 0 amide bonds. The lowest BCUT2D eigenvalue weighted by atomic mass is 9.82. The molecule has 0 bridgehead atoms. The molecule has 7 heteroatoms. The highest BCUT2D eigenvalue weighted by Gasteiger charge is 2.38. The zero-order valence-corrected chi connectivity index (χ0v) is 56.2. The van der Waals surface area contributed by atoms with E-state index in [9.17, 15) is 0 Å². The van der Waals surface area contributed by atoms with Crippen LogP contribution in [-0.2, 0) is 10.8 Å². The molecule has 16 rings (SSSR count). The second-order valence-corrected chi connectivity index (χ2v) is 26.2. The standard InChI is InChI=1S/C46H38N2O.C45H35ClN2O/c1-33-44(48(36-21-12-6-13-22-36)37-23-14-7-15-24-37)25-16-26-45(33)49-39-28-30-42-41(32-39)40-29-27-38(31-43(40)46(42,2)3)47(34-17-8-4-9-18-34)35-19-10-5-11-20-35;1-45(2)40-29-27-37(49-43-25-15-24-42(44(43)46)48(34-20-11-5-12-21-34)35-22-13-6-14-23-35)31-39(40)38-28-26-36(30-41(38)45)47(32-16-7-3-8-17-32)33-18-9-4-10-19-33/h4-32H,1-3H3;3-31H,1-2H3. The Hall–Kier alpha value is -11.8. The van der Waals surface area contributed by atoms with Gasteiger partial charge >= 0.3 is 0 Å². The summed E-state index contributed by atoms with van der Waals surface area (Å²) >= 11 is 7.17. The van der Waals surface area contributed by atoms with Crippen LogP contribution in [0.25, 0.3) is 22.3 Å². The van der Waals surface area contributed by atoms with Gasteiger partial charge in [-0.1, -0.05) is 221 Å². The van der Waals surface area contributed by atoms with E-state index in [1.165, 1.54) is 44.5 Å². The van der Waals surface area contributed by atoms with Gasteiger partial charge in [0.2, 0.25) is 0 Å². The molecule has 0 saturated heterocycles. The van der Waals surface area contributed by atoms with Crippen LogP contribution in [0.1, 0.15) is 55.5 Å². The normalized spacial score (nSPS) is 12.6. The number of anilines is 12. The molecule has 0 spiro atoms. The van der Waals surface area contributed by atoms with E-state index in [2.05, 4.69) is 351 Å². The van der Waals surface area contributed by atoms with Crippen molar-refractivity contribution in [2.45, 2.75) is 45.4 Å². The van der Waals surface area contributed by atoms with Crippen molar-refractivity contribution < 1.29 is 9.47 Å². The summed E-state index contributed by atoms with van der Waals surface area (Å²) in [5, 5.41) is 0.544. The lowest BCUT2D eigenvalue weighted by Crippen LogP contribution is -2.16. The maximum atomic E-state index is 7.17. The predicted molar refractivity (Wildman–Crippen MR) is 410 cm³/mol. The van der Waals surface area contributed by atoms with Crippen molar-refractivity contribution in [2.24, 2.45) is 0 Å². The highest BCUT2D eigenvalue weighted by atomic mass is 35.5. The lowest BCUT2D eigenvalue weighted by molar-refractivity contribution is 0.479. The Morgan fingerprint density at radius 2 is 0.541 bits per heavy atom. The third kappa shape index (κ3) is 12.0. The van der Waals surface area contributed by atoms with E-state index in [0.29, 0.717) is 10.8 Å². The Bertz CT molecular complexity index is 4630. The number of fused-ring (bicyclic) bond motifs is 6. The highest BCUT2D eigenvalue weighted by molar-refractivity contribution is 6.35. The Morgan fingerprint density at radius 1 is 0.245 bits per heavy atom. The van der Waals surface area contributed by atoms with Gasteiger partial charge in [-0.25, -0.2) is 0 Å². The molecule has 476 valence electrons. The molecule has 0 saturated carbocycles. The van der Waals surface area contributed by atoms with Crippen molar-refractivity contribution in [3.63, 3.8) is 0 Å². The minimum atomic E-state index is -0.193. The van der Waals surface area contributed by atoms with E-state index in [0.717, 1.165) is 91.1 Å². The lowest BCUT2D eigenvalue weighted by Gasteiger charge is -2.28. The van der Waals surface area contributed by atoms with Gasteiger partial charge in [0.05, 0.1) is 11.4 Å². The van der Waals surface area contributed by atoms with Crippen molar-refractivity contribution in [1.82, 2.24) is 0 Å². The van der Waals surface area contributed by atoms with Gasteiger partial charge in [-0.2, -0.15) is 0 Å². The molecule has 98 heavy (non-hydrogen) atoms. The summed E-state index contributed by atoms with van der Waals surface area (Å²) in [6, 6.07) is 123. The SMILES string of the molecule is CC1(C)c2ccc(Oc3cccc(N(c4ccccc4)c4ccccc4)c3Cl)cc2-c2ccc(N(c3ccccc3)c3ccccc3)cc21.Cc1c(Oc2ccc3c(c2)-c2ccc(N(c4ccccc4)c4ccccc4)cc2C3(C)C)cccc1N(c1ccccc1)c1ccccc1. The van der Waals surface area contributed by atoms with Gasteiger partial charge in [0.1, 0.15) is 28.0 Å². The number of nitrogens with zero attached hydrogens (tertiary/aromatic N) is 4. The van der Waals surface area contributed by atoms with E-state index in [1.54, 1.807) is 0 Å². The number of hydrogen-bond acceptors (Lipinski definition) is 6. The monoisotopic (exact) mass is 1290 g/mol. The van der Waals surface area contributed by atoms with Crippen molar-refractivity contribution in [3.05, 3.63) is 385 Å². The summed E-state index contributed by atoms with van der Waals surface area (Å²) in [5.74, 6) is 3.01. The van der Waals surface area contributed by atoms with Crippen LogP contribution < -0.4 is 29.1 Å². The summed E-state index contributed by atoms with van der Waals surface area (Å²) in [7, 11) is 0. The summed E-state index contributed by atoms with van der Waals surface area (Å²) < 4.78 is 13.3. The van der Waals surface area contributed by atoms with Crippen LogP contribution in [0.3, 0.4) is 0 Å². The highest BCUT2D eigenvalue weighted by Crippen LogP contribution is 2.55. The number of rotatable bonds is 16. The van der Waals surface area contributed by atoms with Gasteiger partial charge in [0.15, 0.2) is 0 Å². The molecule has 0 fully saturated rings. The molecular formula is C91H73ClN4O2. The largest absolute Gasteiger partial charge is 0.457 e. The molecule has 6 nitrogen and oxygen atoms in total. The molecule has 0 N–H and O–H groups in total. The van der Waals surface area contributed by atoms with Crippen LogP contribution in [0.5, 0.6) is 23.0 Å². The average molecular weight is 1290 g/mol. The van der Waals surface area contributed by atoms with E-state index in [1.807, 2.05) is 54.6 Å². The fourth-order valence-electron chi connectivity index (χ4n) is 14.2. The van der Waals surface area contributed by atoms with E-state index in [-0.39, 0.29) is 10.8 Å². The molecule has 14 aromatic carbocycles. The Kier molecular flexibility index (Phi) is 17.0. The topological polar surface area (TPSA) is 31.4 Å². The van der Waals surface area contributed by atoms with Gasteiger partial charge < -0.3 is 29.1 Å². The van der Waals surface area contributed by atoms with Gasteiger partial charge in [0.25, 0.3) is 0 Å².